The van der Waals surface area contributed by atoms with Crippen LogP contribution in [-0.2, 0) is 13.0 Å². The predicted octanol–water partition coefficient (Wildman–Crippen LogP) is 2.15. The van der Waals surface area contributed by atoms with Gasteiger partial charge in [0.25, 0.3) is 6.01 Å². The fraction of sp³-hybridized carbons (Fsp3) is 0.111. The summed E-state index contributed by atoms with van der Waals surface area (Å²) >= 11 is 0. The number of nitrogens with zero attached hydrogens (tertiary/aromatic N) is 5. The lowest BCUT2D eigenvalue weighted by Crippen LogP contribution is -2.05. The van der Waals surface area contributed by atoms with Crippen molar-refractivity contribution in [2.45, 2.75) is 13.0 Å². The summed E-state index contributed by atoms with van der Waals surface area (Å²) in [5.41, 5.74) is 9.04. The van der Waals surface area contributed by atoms with Gasteiger partial charge in [-0.25, -0.2) is 9.97 Å². The lowest BCUT2D eigenvalue weighted by Gasteiger charge is -2.07. The zero-order valence-electron chi connectivity index (χ0n) is 13.4. The summed E-state index contributed by atoms with van der Waals surface area (Å²) in [4.78, 5) is 17.0. The van der Waals surface area contributed by atoms with Crippen LogP contribution in [0.3, 0.4) is 0 Å². The van der Waals surface area contributed by atoms with E-state index >= 15 is 0 Å². The Bertz CT molecular complexity index is 1010. The van der Waals surface area contributed by atoms with Gasteiger partial charge in [-0.15, -0.1) is 0 Å². The average molecular weight is 332 g/mol. The molecule has 0 atom stereocenters. The molecule has 0 saturated carbocycles. The average Bonchev–Trinajstić information content (AvgIpc) is 2.94. The van der Waals surface area contributed by atoms with Gasteiger partial charge < -0.3 is 10.8 Å². The highest BCUT2D eigenvalue weighted by atomic mass is 16.3. The summed E-state index contributed by atoms with van der Waals surface area (Å²) in [6.45, 7) is 0.453. The maximum Gasteiger partial charge on any atom is 0.296 e. The minimum absolute atomic E-state index is 0.124. The monoisotopic (exact) mass is 332 g/mol. The topological polar surface area (TPSA) is 103 Å². The van der Waals surface area contributed by atoms with E-state index in [4.69, 9.17) is 5.73 Å². The van der Waals surface area contributed by atoms with Gasteiger partial charge in [0.1, 0.15) is 5.82 Å². The molecule has 0 bridgehead atoms. The Labute approximate surface area is 143 Å². The first-order valence-corrected chi connectivity index (χ1v) is 7.85. The van der Waals surface area contributed by atoms with Crippen molar-refractivity contribution in [2.24, 2.45) is 0 Å². The Morgan fingerprint density at radius 3 is 2.44 bits per heavy atom. The molecule has 0 aliphatic heterocycles. The van der Waals surface area contributed by atoms with E-state index in [-0.39, 0.29) is 11.8 Å². The standard InChI is InChI=1S/C18H16N6O/c19-16-15-17(22-14(21-16)10-12-6-8-20-9-7-12)24(18(25)23-15)11-13-4-2-1-3-5-13/h1-9H,10-11H2,(H,23,25)(H2,19,21,22). The summed E-state index contributed by atoms with van der Waals surface area (Å²) in [6, 6.07) is 13.5. The number of aromatic nitrogens is 5. The third kappa shape index (κ3) is 2.99. The zero-order chi connectivity index (χ0) is 17.2. The molecule has 3 N–H and O–H groups in total. The van der Waals surface area contributed by atoms with Crippen molar-refractivity contribution in [1.82, 2.24) is 24.5 Å². The highest BCUT2D eigenvalue weighted by molar-refractivity contribution is 5.82. The molecule has 0 fully saturated rings. The maximum atomic E-state index is 10.2. The van der Waals surface area contributed by atoms with E-state index < -0.39 is 0 Å². The molecule has 124 valence electrons. The van der Waals surface area contributed by atoms with Gasteiger partial charge in [-0.2, -0.15) is 4.98 Å². The molecule has 0 unspecified atom stereocenters. The van der Waals surface area contributed by atoms with Crippen LogP contribution in [0.2, 0.25) is 0 Å². The van der Waals surface area contributed by atoms with Crippen molar-refractivity contribution < 1.29 is 5.11 Å². The second-order valence-electron chi connectivity index (χ2n) is 5.71. The first kappa shape index (κ1) is 15.1. The lowest BCUT2D eigenvalue weighted by molar-refractivity contribution is 0.408. The van der Waals surface area contributed by atoms with Crippen molar-refractivity contribution in [3.8, 4) is 6.01 Å². The van der Waals surface area contributed by atoms with E-state index in [1.807, 2.05) is 42.5 Å². The summed E-state index contributed by atoms with van der Waals surface area (Å²) in [5, 5.41) is 10.2. The van der Waals surface area contributed by atoms with Crippen LogP contribution >= 0.6 is 0 Å². The van der Waals surface area contributed by atoms with Gasteiger partial charge >= 0.3 is 0 Å². The van der Waals surface area contributed by atoms with E-state index in [0.717, 1.165) is 11.1 Å². The van der Waals surface area contributed by atoms with Crippen LogP contribution in [0.15, 0.2) is 54.9 Å². The maximum absolute atomic E-state index is 10.2. The molecule has 1 aromatic carbocycles. The van der Waals surface area contributed by atoms with Gasteiger partial charge in [0, 0.05) is 18.8 Å². The fourth-order valence-corrected chi connectivity index (χ4v) is 2.73. The van der Waals surface area contributed by atoms with Crippen LogP contribution in [0.5, 0.6) is 6.01 Å². The number of pyridine rings is 1. The van der Waals surface area contributed by atoms with Crippen LogP contribution in [0, 0.1) is 0 Å². The number of benzene rings is 1. The van der Waals surface area contributed by atoms with E-state index in [1.54, 1.807) is 17.0 Å². The quantitative estimate of drug-likeness (QED) is 0.593. The number of rotatable bonds is 4. The second kappa shape index (κ2) is 6.20. The third-order valence-electron chi connectivity index (χ3n) is 3.94. The van der Waals surface area contributed by atoms with Crippen molar-refractivity contribution in [3.63, 3.8) is 0 Å². The number of anilines is 1. The second-order valence-corrected chi connectivity index (χ2v) is 5.71. The van der Waals surface area contributed by atoms with Crippen molar-refractivity contribution in [3.05, 3.63) is 71.8 Å². The summed E-state index contributed by atoms with van der Waals surface area (Å²) in [7, 11) is 0. The predicted molar refractivity (Wildman–Crippen MR) is 94.0 cm³/mol. The Morgan fingerprint density at radius 1 is 0.920 bits per heavy atom. The Balaban J connectivity index is 1.77. The van der Waals surface area contributed by atoms with Gasteiger partial charge in [-0.3, -0.25) is 9.55 Å². The summed E-state index contributed by atoms with van der Waals surface area (Å²) < 4.78 is 1.64. The van der Waals surface area contributed by atoms with Gasteiger partial charge in [0.05, 0.1) is 6.54 Å². The normalized spacial score (nSPS) is 11.0. The molecule has 0 aliphatic carbocycles. The molecule has 4 aromatic rings. The number of fused-ring (bicyclic) bond motifs is 1. The lowest BCUT2D eigenvalue weighted by atomic mass is 10.2. The van der Waals surface area contributed by atoms with E-state index in [1.165, 1.54) is 0 Å². The Hall–Kier alpha value is -3.48. The highest BCUT2D eigenvalue weighted by Gasteiger charge is 2.16. The van der Waals surface area contributed by atoms with Crippen LogP contribution < -0.4 is 5.73 Å². The van der Waals surface area contributed by atoms with Crippen LogP contribution in [0.1, 0.15) is 17.0 Å². The number of nitrogens with two attached hydrogens (primary N) is 1. The molecular weight excluding hydrogens is 316 g/mol. The van der Waals surface area contributed by atoms with Gasteiger partial charge in [0.2, 0.25) is 0 Å². The molecule has 7 heteroatoms. The number of hydrogen-bond acceptors (Lipinski definition) is 6. The Morgan fingerprint density at radius 2 is 1.68 bits per heavy atom. The largest absolute Gasteiger partial charge is 0.480 e. The molecule has 4 rings (SSSR count). The molecule has 7 nitrogen and oxygen atoms in total. The molecule has 0 aliphatic rings. The van der Waals surface area contributed by atoms with Crippen molar-refractivity contribution in [2.75, 3.05) is 5.73 Å². The molecule has 0 saturated heterocycles. The molecule has 0 amide bonds. The zero-order valence-corrected chi connectivity index (χ0v) is 13.4. The molecule has 25 heavy (non-hydrogen) atoms. The molecule has 0 radical (unpaired) electrons. The number of hydrogen-bond donors (Lipinski definition) is 2. The smallest absolute Gasteiger partial charge is 0.296 e. The molecular formula is C18H16N6O. The summed E-state index contributed by atoms with van der Waals surface area (Å²) in [6.07, 6.45) is 3.98. The van der Waals surface area contributed by atoms with Crippen molar-refractivity contribution >= 4 is 17.0 Å². The van der Waals surface area contributed by atoms with Crippen LogP contribution in [-0.4, -0.2) is 29.6 Å². The van der Waals surface area contributed by atoms with Gasteiger partial charge in [0.15, 0.2) is 17.0 Å². The van der Waals surface area contributed by atoms with Crippen LogP contribution in [0.25, 0.3) is 11.2 Å². The van der Waals surface area contributed by atoms with Crippen molar-refractivity contribution in [1.29, 1.82) is 0 Å². The number of nitrogen functional groups attached to an aromatic ring is 1. The number of imidazole rings is 1. The number of aromatic hydroxyl groups is 1. The molecule has 3 aromatic heterocycles. The van der Waals surface area contributed by atoms with E-state index in [2.05, 4.69) is 19.9 Å². The summed E-state index contributed by atoms with van der Waals surface area (Å²) in [5.74, 6) is 0.835. The van der Waals surface area contributed by atoms with Gasteiger partial charge in [-0.05, 0) is 23.3 Å². The first-order chi connectivity index (χ1) is 12.2. The minimum Gasteiger partial charge on any atom is -0.480 e. The highest BCUT2D eigenvalue weighted by Crippen LogP contribution is 2.24. The Kier molecular flexibility index (Phi) is 3.74. The molecule has 3 heterocycles. The SMILES string of the molecule is Nc1nc(Cc2ccncc2)nc2c1nc(O)n2Cc1ccccc1. The molecule has 0 spiro atoms. The van der Waals surface area contributed by atoms with Gasteiger partial charge in [-0.1, -0.05) is 30.3 Å². The minimum atomic E-state index is -0.124. The van der Waals surface area contributed by atoms with E-state index in [9.17, 15) is 5.11 Å². The first-order valence-electron chi connectivity index (χ1n) is 7.85. The van der Waals surface area contributed by atoms with Crippen LogP contribution in [0.4, 0.5) is 5.82 Å². The fourth-order valence-electron chi connectivity index (χ4n) is 2.73. The third-order valence-corrected chi connectivity index (χ3v) is 3.94. The van der Waals surface area contributed by atoms with E-state index in [0.29, 0.717) is 30.0 Å².